The molecule has 0 saturated heterocycles. The number of nitriles is 1. The molecule has 0 aliphatic carbocycles. The number of aryl methyl sites for hydroxylation is 1. The van der Waals surface area contributed by atoms with E-state index in [1.165, 1.54) is 11.1 Å². The minimum Gasteiger partial charge on any atom is -0.379 e. The van der Waals surface area contributed by atoms with Crippen molar-refractivity contribution in [1.29, 1.82) is 5.26 Å². The van der Waals surface area contributed by atoms with Gasteiger partial charge in [-0.2, -0.15) is 5.26 Å². The Balaban J connectivity index is 2.60. The van der Waals surface area contributed by atoms with E-state index >= 15 is 0 Å². The molecule has 0 amide bonds. The van der Waals surface area contributed by atoms with Crippen molar-refractivity contribution in [3.05, 3.63) is 35.4 Å². The fraction of sp³-hybridized carbons (Fsp3) is 0.500. The van der Waals surface area contributed by atoms with Crippen LogP contribution in [0.2, 0.25) is 0 Å². The summed E-state index contributed by atoms with van der Waals surface area (Å²) in [6.07, 6.45) is 0.462. The second-order valence-electron chi connectivity index (χ2n) is 4.71. The van der Waals surface area contributed by atoms with Gasteiger partial charge in [0.25, 0.3) is 0 Å². The van der Waals surface area contributed by atoms with Crippen LogP contribution in [0, 0.1) is 18.3 Å². The summed E-state index contributed by atoms with van der Waals surface area (Å²) in [7, 11) is 0. The van der Waals surface area contributed by atoms with E-state index < -0.39 is 0 Å². The van der Waals surface area contributed by atoms with E-state index in [9.17, 15) is 0 Å². The highest BCUT2D eigenvalue weighted by molar-refractivity contribution is 5.28. The highest BCUT2D eigenvalue weighted by Gasteiger charge is 2.20. The third-order valence-electron chi connectivity index (χ3n) is 2.62. The molecule has 0 radical (unpaired) electrons. The number of ether oxygens (including phenoxy) is 1. The molecule has 0 bridgehead atoms. The van der Waals surface area contributed by atoms with Gasteiger partial charge < -0.3 is 4.74 Å². The van der Waals surface area contributed by atoms with Crippen molar-refractivity contribution in [2.45, 2.75) is 32.6 Å². The summed E-state index contributed by atoms with van der Waals surface area (Å²) in [6, 6.07) is 10.6. The quantitative estimate of drug-likeness (QED) is 0.709. The summed E-state index contributed by atoms with van der Waals surface area (Å²) in [5, 5.41) is 8.42. The zero-order chi connectivity index (χ0) is 12.0. The van der Waals surface area contributed by atoms with Gasteiger partial charge >= 0.3 is 0 Å². The van der Waals surface area contributed by atoms with Crippen LogP contribution in [0.1, 0.15) is 31.4 Å². The van der Waals surface area contributed by atoms with Crippen molar-refractivity contribution in [2.75, 3.05) is 13.2 Å². The van der Waals surface area contributed by atoms with Crippen LogP contribution in [-0.4, -0.2) is 13.2 Å². The van der Waals surface area contributed by atoms with E-state index in [1.54, 1.807) is 0 Å². The first-order valence-corrected chi connectivity index (χ1v) is 5.58. The molecule has 86 valence electrons. The van der Waals surface area contributed by atoms with E-state index in [0.29, 0.717) is 19.6 Å². The van der Waals surface area contributed by atoms with Gasteiger partial charge in [0.1, 0.15) is 0 Å². The van der Waals surface area contributed by atoms with E-state index in [4.69, 9.17) is 10.00 Å². The third kappa shape index (κ3) is 3.67. The van der Waals surface area contributed by atoms with Gasteiger partial charge in [-0.05, 0) is 12.5 Å². The van der Waals surface area contributed by atoms with Crippen LogP contribution in [0.3, 0.4) is 0 Å². The lowest BCUT2D eigenvalue weighted by Gasteiger charge is -2.25. The van der Waals surface area contributed by atoms with Crippen molar-refractivity contribution in [2.24, 2.45) is 0 Å². The minimum atomic E-state index is 0.00146. The average Bonchev–Trinajstić information content (AvgIpc) is 2.24. The molecule has 0 aliphatic heterocycles. The summed E-state index contributed by atoms with van der Waals surface area (Å²) in [6.45, 7) is 7.59. The highest BCUT2D eigenvalue weighted by Crippen LogP contribution is 2.24. The zero-order valence-corrected chi connectivity index (χ0v) is 10.3. The third-order valence-corrected chi connectivity index (χ3v) is 2.62. The predicted octanol–water partition coefficient (Wildman–Crippen LogP) is 3.20. The Morgan fingerprint density at radius 3 is 2.75 bits per heavy atom. The molecule has 0 aromatic heterocycles. The number of nitrogens with zero attached hydrogens (tertiary/aromatic N) is 1. The Morgan fingerprint density at radius 2 is 2.12 bits per heavy atom. The molecule has 1 rings (SSSR count). The maximum atomic E-state index is 8.42. The van der Waals surface area contributed by atoms with Gasteiger partial charge in [0.15, 0.2) is 0 Å². The number of hydrogen-bond donors (Lipinski definition) is 0. The van der Waals surface area contributed by atoms with Gasteiger partial charge in [0, 0.05) is 5.41 Å². The van der Waals surface area contributed by atoms with Crippen molar-refractivity contribution in [1.82, 2.24) is 0 Å². The minimum absolute atomic E-state index is 0.00146. The number of rotatable bonds is 5. The Labute approximate surface area is 97.9 Å². The van der Waals surface area contributed by atoms with E-state index in [1.807, 2.05) is 0 Å². The van der Waals surface area contributed by atoms with Crippen molar-refractivity contribution >= 4 is 0 Å². The molecule has 2 heteroatoms. The van der Waals surface area contributed by atoms with E-state index in [0.717, 1.165) is 0 Å². The Kier molecular flexibility index (Phi) is 4.52. The number of hydrogen-bond acceptors (Lipinski definition) is 2. The first-order chi connectivity index (χ1) is 7.56. The van der Waals surface area contributed by atoms with Crippen molar-refractivity contribution in [3.8, 4) is 6.07 Å². The molecule has 0 spiro atoms. The SMILES string of the molecule is Cc1cccc(C(C)(C)COCCC#N)c1. The lowest BCUT2D eigenvalue weighted by atomic mass is 9.85. The smallest absolute Gasteiger partial charge is 0.0645 e. The summed E-state index contributed by atoms with van der Waals surface area (Å²) >= 11 is 0. The Bertz CT molecular complexity index is 377. The second-order valence-corrected chi connectivity index (χ2v) is 4.71. The molecule has 0 heterocycles. The standard InChI is InChI=1S/C14H19NO/c1-12-6-4-7-13(10-12)14(2,3)11-16-9-5-8-15/h4,6-7,10H,5,9,11H2,1-3H3. The van der Waals surface area contributed by atoms with Crippen LogP contribution in [0.25, 0.3) is 0 Å². The first-order valence-electron chi connectivity index (χ1n) is 5.58. The van der Waals surface area contributed by atoms with Crippen LogP contribution in [0.5, 0.6) is 0 Å². The molecule has 1 aromatic carbocycles. The molecule has 0 aliphatic rings. The molecule has 1 aromatic rings. The maximum Gasteiger partial charge on any atom is 0.0645 e. The first kappa shape index (κ1) is 12.7. The van der Waals surface area contributed by atoms with Crippen LogP contribution in [-0.2, 0) is 10.2 Å². The largest absolute Gasteiger partial charge is 0.379 e. The van der Waals surface area contributed by atoms with E-state index in [-0.39, 0.29) is 5.41 Å². The van der Waals surface area contributed by atoms with Gasteiger partial charge in [-0.15, -0.1) is 0 Å². The molecule has 0 fully saturated rings. The molecular formula is C14H19NO. The van der Waals surface area contributed by atoms with E-state index in [2.05, 4.69) is 51.1 Å². The summed E-state index contributed by atoms with van der Waals surface area (Å²) in [5.74, 6) is 0. The Morgan fingerprint density at radius 1 is 1.38 bits per heavy atom. The van der Waals surface area contributed by atoms with Gasteiger partial charge in [0.2, 0.25) is 0 Å². The van der Waals surface area contributed by atoms with Gasteiger partial charge in [-0.25, -0.2) is 0 Å². The summed E-state index contributed by atoms with van der Waals surface area (Å²) < 4.78 is 5.51. The predicted molar refractivity (Wildman–Crippen MR) is 65.3 cm³/mol. The molecule has 0 atom stereocenters. The topological polar surface area (TPSA) is 33.0 Å². The van der Waals surface area contributed by atoms with Gasteiger partial charge in [0.05, 0.1) is 25.7 Å². The van der Waals surface area contributed by atoms with Crippen LogP contribution in [0.15, 0.2) is 24.3 Å². The molecule has 0 saturated carbocycles. The molecule has 0 unspecified atom stereocenters. The molecular weight excluding hydrogens is 198 g/mol. The molecule has 0 N–H and O–H groups in total. The normalized spacial score (nSPS) is 11.1. The monoisotopic (exact) mass is 217 g/mol. The molecule has 16 heavy (non-hydrogen) atoms. The van der Waals surface area contributed by atoms with Crippen LogP contribution < -0.4 is 0 Å². The number of benzene rings is 1. The second kappa shape index (κ2) is 5.67. The molecule has 2 nitrogen and oxygen atoms in total. The van der Waals surface area contributed by atoms with Gasteiger partial charge in [-0.3, -0.25) is 0 Å². The fourth-order valence-electron chi connectivity index (χ4n) is 1.59. The summed E-state index contributed by atoms with van der Waals surface area (Å²) in [4.78, 5) is 0. The Hall–Kier alpha value is -1.33. The lowest BCUT2D eigenvalue weighted by molar-refractivity contribution is 0.0990. The van der Waals surface area contributed by atoms with Gasteiger partial charge in [-0.1, -0.05) is 43.7 Å². The highest BCUT2D eigenvalue weighted by atomic mass is 16.5. The van der Waals surface area contributed by atoms with Crippen LogP contribution >= 0.6 is 0 Å². The lowest BCUT2D eigenvalue weighted by Crippen LogP contribution is -2.24. The zero-order valence-electron chi connectivity index (χ0n) is 10.3. The maximum absolute atomic E-state index is 8.42. The average molecular weight is 217 g/mol. The summed E-state index contributed by atoms with van der Waals surface area (Å²) in [5.41, 5.74) is 2.55. The fourth-order valence-corrected chi connectivity index (χ4v) is 1.59. The van der Waals surface area contributed by atoms with Crippen molar-refractivity contribution < 1.29 is 4.74 Å². The van der Waals surface area contributed by atoms with Crippen LogP contribution in [0.4, 0.5) is 0 Å². The van der Waals surface area contributed by atoms with Crippen molar-refractivity contribution in [3.63, 3.8) is 0 Å².